The number of carbonyl (C=O) groups excluding carboxylic acids is 1. The topological polar surface area (TPSA) is 50.8 Å². The second kappa shape index (κ2) is 9.74. The zero-order valence-electron chi connectivity index (χ0n) is 17.3. The van der Waals surface area contributed by atoms with Crippen molar-refractivity contribution in [1.29, 1.82) is 0 Å². The summed E-state index contributed by atoms with van der Waals surface area (Å²) < 4.78 is 11.2. The number of ether oxygens (including phenoxy) is 2. The molecule has 1 fully saturated rings. The number of carbonyl (C=O) groups is 1. The smallest absolute Gasteiger partial charge is 0.258 e. The predicted molar refractivity (Wildman–Crippen MR) is 119 cm³/mol. The Morgan fingerprint density at radius 3 is 2.53 bits per heavy atom. The van der Waals surface area contributed by atoms with Crippen LogP contribution < -0.4 is 10.1 Å². The Bertz CT molecular complexity index is 981. The summed E-state index contributed by atoms with van der Waals surface area (Å²) in [5.74, 6) is 0.584. The zero-order valence-corrected chi connectivity index (χ0v) is 17.3. The van der Waals surface area contributed by atoms with Gasteiger partial charge in [0.25, 0.3) is 5.91 Å². The molecule has 1 N–H and O–H groups in total. The Morgan fingerprint density at radius 2 is 1.77 bits per heavy atom. The molecule has 0 saturated carbocycles. The van der Waals surface area contributed by atoms with Gasteiger partial charge < -0.3 is 14.8 Å². The number of fused-ring (bicyclic) bond motifs is 1. The monoisotopic (exact) mass is 404 g/mol. The first-order chi connectivity index (χ1) is 14.7. The van der Waals surface area contributed by atoms with E-state index < -0.39 is 0 Å². The van der Waals surface area contributed by atoms with E-state index in [-0.39, 0.29) is 18.6 Å². The molecule has 3 aromatic carbocycles. The number of benzene rings is 3. The maximum absolute atomic E-state index is 12.5. The average molecular weight is 405 g/mol. The average Bonchev–Trinajstić information content (AvgIpc) is 2.79. The highest BCUT2D eigenvalue weighted by Gasteiger charge is 2.23. The Morgan fingerprint density at radius 1 is 1.03 bits per heavy atom. The van der Waals surface area contributed by atoms with Gasteiger partial charge in [-0.3, -0.25) is 9.69 Å². The second-order valence-corrected chi connectivity index (χ2v) is 7.68. The lowest BCUT2D eigenvalue weighted by Crippen LogP contribution is -2.44. The lowest BCUT2D eigenvalue weighted by Gasteiger charge is -2.35. The molecule has 1 atom stereocenters. The van der Waals surface area contributed by atoms with E-state index >= 15 is 0 Å². The van der Waals surface area contributed by atoms with Crippen LogP contribution in [0, 0.1) is 6.92 Å². The first kappa shape index (κ1) is 20.4. The van der Waals surface area contributed by atoms with Gasteiger partial charge >= 0.3 is 0 Å². The first-order valence-corrected chi connectivity index (χ1v) is 10.5. The van der Waals surface area contributed by atoms with Gasteiger partial charge in [-0.05, 0) is 35.4 Å². The molecule has 30 heavy (non-hydrogen) atoms. The second-order valence-electron chi connectivity index (χ2n) is 7.68. The molecule has 0 spiro atoms. The first-order valence-electron chi connectivity index (χ1n) is 10.5. The van der Waals surface area contributed by atoms with Crippen LogP contribution in [-0.4, -0.2) is 50.3 Å². The molecule has 0 aliphatic carbocycles. The molecule has 0 aromatic heterocycles. The summed E-state index contributed by atoms with van der Waals surface area (Å²) in [6.07, 6.45) is 0. The summed E-state index contributed by atoms with van der Waals surface area (Å²) in [5, 5.41) is 5.31. The van der Waals surface area contributed by atoms with Crippen LogP contribution in [-0.2, 0) is 9.53 Å². The van der Waals surface area contributed by atoms with Gasteiger partial charge in [0.05, 0.1) is 19.3 Å². The fourth-order valence-corrected chi connectivity index (χ4v) is 3.80. The fourth-order valence-electron chi connectivity index (χ4n) is 3.80. The van der Waals surface area contributed by atoms with Gasteiger partial charge in [-0.15, -0.1) is 0 Å². The number of nitrogens with one attached hydrogen (secondary N) is 1. The number of hydrogen-bond donors (Lipinski definition) is 1. The van der Waals surface area contributed by atoms with Gasteiger partial charge in [-0.2, -0.15) is 0 Å². The van der Waals surface area contributed by atoms with Crippen LogP contribution in [0.25, 0.3) is 10.8 Å². The number of hydrogen-bond acceptors (Lipinski definition) is 4. The SMILES string of the molecule is Cc1ccc([C@@H](CNC(=O)COc2ccc3ccccc3c2)N2CCOCC2)cc1. The van der Waals surface area contributed by atoms with Crippen molar-refractivity contribution in [2.75, 3.05) is 39.5 Å². The highest BCUT2D eigenvalue weighted by atomic mass is 16.5. The molecule has 1 saturated heterocycles. The molecule has 3 aromatic rings. The molecule has 1 aliphatic heterocycles. The predicted octanol–water partition coefficient (Wildman–Crippen LogP) is 3.72. The number of aryl methyl sites for hydroxylation is 1. The van der Waals surface area contributed by atoms with Gasteiger partial charge in [0.15, 0.2) is 6.61 Å². The van der Waals surface area contributed by atoms with Gasteiger partial charge in [-0.1, -0.05) is 60.2 Å². The lowest BCUT2D eigenvalue weighted by atomic mass is 10.0. The van der Waals surface area contributed by atoms with E-state index in [0.29, 0.717) is 12.3 Å². The third-order valence-corrected chi connectivity index (χ3v) is 5.53. The van der Waals surface area contributed by atoms with Crippen molar-refractivity contribution in [3.63, 3.8) is 0 Å². The third-order valence-electron chi connectivity index (χ3n) is 5.53. The van der Waals surface area contributed by atoms with Crippen LogP contribution in [0.3, 0.4) is 0 Å². The van der Waals surface area contributed by atoms with E-state index in [1.165, 1.54) is 11.1 Å². The maximum Gasteiger partial charge on any atom is 0.258 e. The molecule has 0 bridgehead atoms. The number of morpholine rings is 1. The van der Waals surface area contributed by atoms with Crippen molar-refractivity contribution < 1.29 is 14.3 Å². The molecule has 4 rings (SSSR count). The highest BCUT2D eigenvalue weighted by Crippen LogP contribution is 2.22. The minimum absolute atomic E-state index is 0.00205. The van der Waals surface area contributed by atoms with Crippen molar-refractivity contribution in [3.05, 3.63) is 77.9 Å². The molecule has 1 aliphatic rings. The van der Waals surface area contributed by atoms with E-state index in [1.807, 2.05) is 36.4 Å². The maximum atomic E-state index is 12.5. The van der Waals surface area contributed by atoms with Crippen LogP contribution in [0.1, 0.15) is 17.2 Å². The summed E-state index contributed by atoms with van der Waals surface area (Å²) in [7, 11) is 0. The van der Waals surface area contributed by atoms with Crippen molar-refractivity contribution in [1.82, 2.24) is 10.2 Å². The molecule has 5 heteroatoms. The van der Waals surface area contributed by atoms with E-state index in [9.17, 15) is 4.79 Å². The van der Waals surface area contributed by atoms with Gasteiger partial charge in [0.2, 0.25) is 0 Å². The van der Waals surface area contributed by atoms with Crippen LogP contribution in [0.15, 0.2) is 66.7 Å². The van der Waals surface area contributed by atoms with E-state index in [0.717, 1.165) is 37.1 Å². The summed E-state index contributed by atoms with van der Waals surface area (Å²) in [5.41, 5.74) is 2.44. The lowest BCUT2D eigenvalue weighted by molar-refractivity contribution is -0.123. The summed E-state index contributed by atoms with van der Waals surface area (Å²) in [4.78, 5) is 14.8. The van der Waals surface area contributed by atoms with Crippen LogP contribution in [0.4, 0.5) is 0 Å². The Labute approximate surface area is 177 Å². The number of amides is 1. The Balaban J connectivity index is 1.36. The molecule has 1 heterocycles. The standard InChI is InChI=1S/C25H28N2O3/c1-19-6-8-21(9-7-19)24(27-12-14-29-15-13-27)17-26-25(28)18-30-23-11-10-20-4-2-3-5-22(20)16-23/h2-11,16,24H,12-15,17-18H2,1H3,(H,26,28)/t24-/m1/s1. The normalized spacial score (nSPS) is 15.6. The summed E-state index contributed by atoms with van der Waals surface area (Å²) >= 11 is 0. The van der Waals surface area contributed by atoms with Crippen molar-refractivity contribution in [2.24, 2.45) is 0 Å². The molecule has 156 valence electrons. The van der Waals surface area contributed by atoms with Gasteiger partial charge in [-0.25, -0.2) is 0 Å². The summed E-state index contributed by atoms with van der Waals surface area (Å²) in [6.45, 7) is 5.80. The van der Waals surface area contributed by atoms with Crippen LogP contribution in [0.2, 0.25) is 0 Å². The highest BCUT2D eigenvalue weighted by molar-refractivity contribution is 5.84. The van der Waals surface area contributed by atoms with Gasteiger partial charge in [0, 0.05) is 19.6 Å². The quantitative estimate of drug-likeness (QED) is 0.652. The van der Waals surface area contributed by atoms with E-state index in [4.69, 9.17) is 9.47 Å². The molecular formula is C25H28N2O3. The van der Waals surface area contributed by atoms with Crippen LogP contribution in [0.5, 0.6) is 5.75 Å². The van der Waals surface area contributed by atoms with Gasteiger partial charge in [0.1, 0.15) is 5.75 Å². The van der Waals surface area contributed by atoms with E-state index in [2.05, 4.69) is 47.5 Å². The molecule has 1 amide bonds. The van der Waals surface area contributed by atoms with Crippen molar-refractivity contribution in [2.45, 2.75) is 13.0 Å². The Hall–Kier alpha value is -2.89. The number of nitrogens with zero attached hydrogens (tertiary/aromatic N) is 1. The van der Waals surface area contributed by atoms with Crippen LogP contribution >= 0.6 is 0 Å². The minimum atomic E-state index is -0.117. The van der Waals surface area contributed by atoms with Crippen molar-refractivity contribution >= 4 is 16.7 Å². The molecular weight excluding hydrogens is 376 g/mol. The fraction of sp³-hybridized carbons (Fsp3) is 0.320. The zero-order chi connectivity index (χ0) is 20.8. The van der Waals surface area contributed by atoms with E-state index in [1.54, 1.807) is 0 Å². The minimum Gasteiger partial charge on any atom is -0.484 e. The molecule has 0 unspecified atom stereocenters. The largest absolute Gasteiger partial charge is 0.484 e. The number of rotatable bonds is 7. The molecule has 0 radical (unpaired) electrons. The summed E-state index contributed by atoms with van der Waals surface area (Å²) in [6, 6.07) is 22.6. The molecule has 5 nitrogen and oxygen atoms in total. The Kier molecular flexibility index (Phi) is 6.62. The van der Waals surface area contributed by atoms with Crippen molar-refractivity contribution in [3.8, 4) is 5.75 Å². The third kappa shape index (κ3) is 5.17.